The number of aromatic nitrogens is 4. The van der Waals surface area contributed by atoms with E-state index in [4.69, 9.17) is 32.3 Å². The Morgan fingerprint density at radius 3 is 3.00 bits per heavy atom. The maximum absolute atomic E-state index is 11.5. The number of anilines is 1. The quantitative estimate of drug-likeness (QED) is 0.285. The molecule has 2 aromatic heterocycles. The Hall–Kier alpha value is -2.62. The van der Waals surface area contributed by atoms with Gasteiger partial charge in [-0.1, -0.05) is 23.6 Å². The average Bonchev–Trinajstić information content (AvgIpc) is 3.09. The molecule has 3 rings (SSSR count). The van der Waals surface area contributed by atoms with Crippen LogP contribution in [-0.4, -0.2) is 43.7 Å². The van der Waals surface area contributed by atoms with Crippen molar-refractivity contribution in [1.29, 1.82) is 0 Å². The number of imidazole rings is 1. The Bertz CT molecular complexity index is 864. The molecule has 0 bridgehead atoms. The molecule has 11 nitrogen and oxygen atoms in total. The first-order valence-corrected chi connectivity index (χ1v) is 7.86. The fraction of sp³-hybridized carbons (Fsp3) is 0.538. The minimum absolute atomic E-state index is 0.0279. The van der Waals surface area contributed by atoms with Gasteiger partial charge in [0.15, 0.2) is 23.1 Å². The Balaban J connectivity index is 2.10. The van der Waals surface area contributed by atoms with Crippen molar-refractivity contribution >= 4 is 34.7 Å². The maximum atomic E-state index is 11.5. The number of nitrogens with zero attached hydrogens (tertiary/aromatic N) is 7. The molecule has 2 aromatic rings. The topological polar surface area (TPSA) is 154 Å². The number of nitrogen functional groups attached to an aromatic ring is 1. The molecule has 0 radical (unpaired) electrons. The lowest BCUT2D eigenvalue weighted by atomic mass is 10.1. The largest absolute Gasteiger partial charge is 0.457 e. The highest BCUT2D eigenvalue weighted by atomic mass is 35.5. The van der Waals surface area contributed by atoms with Gasteiger partial charge in [0.1, 0.15) is 11.6 Å². The van der Waals surface area contributed by atoms with E-state index in [0.29, 0.717) is 17.6 Å². The van der Waals surface area contributed by atoms with Crippen LogP contribution in [0, 0.1) is 0 Å². The summed E-state index contributed by atoms with van der Waals surface area (Å²) in [7, 11) is 0. The summed E-state index contributed by atoms with van der Waals surface area (Å²) in [6.45, 7) is 3.15. The normalized spacial score (nSPS) is 25.7. The lowest BCUT2D eigenvalue weighted by Crippen LogP contribution is -2.34. The average molecular weight is 367 g/mol. The number of hydrogen-bond acceptors (Lipinski definition) is 8. The van der Waals surface area contributed by atoms with Crippen molar-refractivity contribution in [2.45, 2.75) is 44.7 Å². The monoisotopic (exact) mass is 366 g/mol. The van der Waals surface area contributed by atoms with Gasteiger partial charge in [-0.05, 0) is 12.0 Å². The van der Waals surface area contributed by atoms with Gasteiger partial charge in [0.05, 0.1) is 12.4 Å². The zero-order valence-corrected chi connectivity index (χ0v) is 14.2. The molecule has 0 spiro atoms. The summed E-state index contributed by atoms with van der Waals surface area (Å²) in [5.41, 5.74) is 15.2. The van der Waals surface area contributed by atoms with Crippen LogP contribution in [-0.2, 0) is 14.3 Å². The van der Waals surface area contributed by atoms with E-state index in [1.54, 1.807) is 4.57 Å². The van der Waals surface area contributed by atoms with Crippen molar-refractivity contribution in [2.24, 2.45) is 5.11 Å². The molecular weight excluding hydrogens is 352 g/mol. The van der Waals surface area contributed by atoms with Crippen molar-refractivity contribution in [3.63, 3.8) is 0 Å². The van der Waals surface area contributed by atoms with E-state index in [0.717, 1.165) is 0 Å². The van der Waals surface area contributed by atoms with Crippen molar-refractivity contribution in [3.8, 4) is 0 Å². The predicted octanol–water partition coefficient (Wildman–Crippen LogP) is 1.98. The van der Waals surface area contributed by atoms with E-state index in [1.165, 1.54) is 13.3 Å². The third kappa shape index (κ3) is 3.04. The van der Waals surface area contributed by atoms with Crippen LogP contribution in [0.3, 0.4) is 0 Å². The molecule has 1 aliphatic heterocycles. The number of halogens is 1. The second-order valence-corrected chi connectivity index (χ2v) is 5.80. The number of nitrogens with two attached hydrogens (primary N) is 1. The second-order valence-electron chi connectivity index (χ2n) is 5.44. The van der Waals surface area contributed by atoms with Gasteiger partial charge in [-0.15, -0.1) is 0 Å². The summed E-state index contributed by atoms with van der Waals surface area (Å²) < 4.78 is 12.9. The number of azide groups is 1. The summed E-state index contributed by atoms with van der Waals surface area (Å²) >= 11 is 6.04. The molecule has 1 fully saturated rings. The van der Waals surface area contributed by atoms with Gasteiger partial charge in [-0.3, -0.25) is 9.36 Å². The van der Waals surface area contributed by atoms with Crippen LogP contribution in [0.1, 0.15) is 26.5 Å². The Morgan fingerprint density at radius 2 is 2.36 bits per heavy atom. The standard InChI is InChI=1S/C13H15ClN8O3/c1-3-6-7(20-21-16)9(24-5(2)23)12(25-6)22-4-17-8-10(14)18-13(15)19-11(8)22/h4,6-7,9,12H,3H2,1-2H3,(H2,15,18,19)/t6-,7-,9-,12-/m1/s1. The molecule has 12 heteroatoms. The molecule has 2 N–H and O–H groups in total. The molecule has 1 saturated heterocycles. The van der Waals surface area contributed by atoms with Crippen molar-refractivity contribution in [1.82, 2.24) is 19.5 Å². The van der Waals surface area contributed by atoms with Gasteiger partial charge < -0.3 is 15.2 Å². The first kappa shape index (κ1) is 17.2. The smallest absolute Gasteiger partial charge is 0.303 e. The number of carbonyl (C=O) groups excluding carboxylic acids is 1. The summed E-state index contributed by atoms with van der Waals surface area (Å²) in [5, 5.41) is 3.85. The van der Waals surface area contributed by atoms with Crippen molar-refractivity contribution in [2.75, 3.05) is 5.73 Å². The molecular formula is C13H15ClN8O3. The third-order valence-corrected chi connectivity index (χ3v) is 4.14. The van der Waals surface area contributed by atoms with E-state index in [-0.39, 0.29) is 11.1 Å². The number of rotatable bonds is 4. The van der Waals surface area contributed by atoms with E-state index in [2.05, 4.69) is 25.0 Å². The van der Waals surface area contributed by atoms with Crippen LogP contribution in [0.5, 0.6) is 0 Å². The van der Waals surface area contributed by atoms with Crippen molar-refractivity contribution in [3.05, 3.63) is 21.9 Å². The van der Waals surface area contributed by atoms with Crippen molar-refractivity contribution < 1.29 is 14.3 Å². The first-order valence-electron chi connectivity index (χ1n) is 7.48. The SMILES string of the molecule is CC[C@H]1O[C@@H](n2cnc3c(Cl)nc(N)nc32)[C@H](OC(C)=O)[C@@H]1N=[N+]=[N-]. The summed E-state index contributed by atoms with van der Waals surface area (Å²) in [6, 6.07) is -0.684. The fourth-order valence-corrected chi connectivity index (χ4v) is 3.10. The van der Waals surface area contributed by atoms with E-state index >= 15 is 0 Å². The maximum Gasteiger partial charge on any atom is 0.303 e. The van der Waals surface area contributed by atoms with Gasteiger partial charge in [0.2, 0.25) is 5.95 Å². The Kier molecular flexibility index (Phi) is 4.62. The number of ether oxygens (including phenoxy) is 2. The number of fused-ring (bicyclic) bond motifs is 1. The van der Waals surface area contributed by atoms with Gasteiger partial charge >= 0.3 is 5.97 Å². The third-order valence-electron chi connectivity index (χ3n) is 3.87. The van der Waals surface area contributed by atoms with E-state index in [9.17, 15) is 4.79 Å². The molecule has 25 heavy (non-hydrogen) atoms. The van der Waals surface area contributed by atoms with Crippen LogP contribution in [0.4, 0.5) is 5.95 Å². The van der Waals surface area contributed by atoms with Crippen LogP contribution >= 0.6 is 11.6 Å². The van der Waals surface area contributed by atoms with Crippen LogP contribution in [0.2, 0.25) is 5.15 Å². The molecule has 0 amide bonds. The predicted molar refractivity (Wildman–Crippen MR) is 87.4 cm³/mol. The summed E-state index contributed by atoms with van der Waals surface area (Å²) in [5.74, 6) is -0.551. The van der Waals surface area contributed by atoms with Gasteiger partial charge in [0.25, 0.3) is 0 Å². The Morgan fingerprint density at radius 1 is 1.60 bits per heavy atom. The Labute approximate surface area is 146 Å². The van der Waals surface area contributed by atoms with Gasteiger partial charge in [-0.25, -0.2) is 4.98 Å². The minimum atomic E-state index is -0.842. The summed E-state index contributed by atoms with van der Waals surface area (Å²) in [4.78, 5) is 26.5. The zero-order valence-electron chi connectivity index (χ0n) is 13.4. The molecule has 0 unspecified atom stereocenters. The molecule has 0 aromatic carbocycles. The highest BCUT2D eigenvalue weighted by Gasteiger charge is 2.47. The van der Waals surface area contributed by atoms with Crippen LogP contribution < -0.4 is 5.73 Å². The van der Waals surface area contributed by atoms with Crippen LogP contribution in [0.25, 0.3) is 21.6 Å². The molecule has 3 heterocycles. The first-order chi connectivity index (χ1) is 12.0. The molecule has 1 aliphatic rings. The molecule has 132 valence electrons. The fourth-order valence-electron chi connectivity index (χ4n) is 2.88. The summed E-state index contributed by atoms with van der Waals surface area (Å²) in [6.07, 6.45) is -0.0674. The highest BCUT2D eigenvalue weighted by Crippen LogP contribution is 2.37. The van der Waals surface area contributed by atoms with E-state index in [1.807, 2.05) is 6.92 Å². The molecule has 4 atom stereocenters. The minimum Gasteiger partial charge on any atom is -0.457 e. The number of hydrogen-bond donors (Lipinski definition) is 1. The number of carbonyl (C=O) groups is 1. The van der Waals surface area contributed by atoms with Gasteiger partial charge in [0, 0.05) is 11.8 Å². The van der Waals surface area contributed by atoms with E-state index < -0.39 is 30.4 Å². The highest BCUT2D eigenvalue weighted by molar-refractivity contribution is 6.33. The second kappa shape index (κ2) is 6.71. The molecule has 0 aliphatic carbocycles. The lowest BCUT2D eigenvalue weighted by Gasteiger charge is -2.21. The van der Waals surface area contributed by atoms with Gasteiger partial charge in [-0.2, -0.15) is 9.97 Å². The van der Waals surface area contributed by atoms with Crippen LogP contribution in [0.15, 0.2) is 11.4 Å². The lowest BCUT2D eigenvalue weighted by molar-refractivity contribution is -0.152. The molecule has 0 saturated carbocycles. The number of esters is 1. The zero-order chi connectivity index (χ0) is 18.1.